The zero-order valence-corrected chi connectivity index (χ0v) is 27.2. The van der Waals surface area contributed by atoms with Crippen LogP contribution >= 0.6 is 46.4 Å². The number of ether oxygens (including phenoxy) is 4. The van der Waals surface area contributed by atoms with Crippen molar-refractivity contribution in [1.29, 1.82) is 0 Å². The summed E-state index contributed by atoms with van der Waals surface area (Å²) >= 11 is 25.1. The van der Waals surface area contributed by atoms with Gasteiger partial charge in [-0.2, -0.15) is 0 Å². The van der Waals surface area contributed by atoms with Crippen molar-refractivity contribution < 1.29 is 18.9 Å². The summed E-state index contributed by atoms with van der Waals surface area (Å²) in [6.45, 7) is 3.84. The third-order valence-corrected chi connectivity index (χ3v) is 8.68. The summed E-state index contributed by atoms with van der Waals surface area (Å²) < 4.78 is 24.7. The van der Waals surface area contributed by atoms with Gasteiger partial charge >= 0.3 is 0 Å². The number of benzene rings is 4. The van der Waals surface area contributed by atoms with Gasteiger partial charge in [0.15, 0.2) is 0 Å². The summed E-state index contributed by atoms with van der Waals surface area (Å²) in [5.41, 5.74) is 4.02. The van der Waals surface area contributed by atoms with Gasteiger partial charge in [0, 0.05) is 45.5 Å². The van der Waals surface area contributed by atoms with E-state index in [9.17, 15) is 0 Å². The summed E-state index contributed by atoms with van der Waals surface area (Å²) in [6.07, 6.45) is 0.458. The number of piperidine rings is 1. The number of halogens is 4. The molecule has 1 N–H and O–H groups in total. The Morgan fingerprint density at radius 1 is 0.636 bits per heavy atom. The first-order valence-electron chi connectivity index (χ1n) is 14.6. The molecule has 3 atom stereocenters. The maximum absolute atomic E-state index is 6.48. The molecule has 9 heteroatoms. The highest BCUT2D eigenvalue weighted by Gasteiger charge is 2.36. The molecule has 1 aliphatic heterocycles. The van der Waals surface area contributed by atoms with Crippen molar-refractivity contribution in [2.24, 2.45) is 0 Å². The minimum absolute atomic E-state index is 0.0474. The first-order valence-corrected chi connectivity index (χ1v) is 16.1. The molecule has 0 aliphatic carbocycles. The van der Waals surface area contributed by atoms with E-state index in [1.54, 1.807) is 12.1 Å². The molecule has 1 unspecified atom stereocenters. The second-order valence-electron chi connectivity index (χ2n) is 10.7. The monoisotopic (exact) mass is 673 g/mol. The predicted octanol–water partition coefficient (Wildman–Crippen LogP) is 9.14. The molecule has 0 spiro atoms. The SMILES string of the molecule is Clc1ccc(CO[C@H]2CNC[C@@H](OCc3ccc(Cl)cc3Cl)C2c2ccc(OCCCOCc3ccccc3)cc2)c(Cl)c1. The minimum atomic E-state index is -0.172. The van der Waals surface area contributed by atoms with E-state index in [4.69, 9.17) is 65.4 Å². The summed E-state index contributed by atoms with van der Waals surface area (Å²) in [6, 6.07) is 29.2. The van der Waals surface area contributed by atoms with Gasteiger partial charge in [0.05, 0.1) is 45.2 Å². The van der Waals surface area contributed by atoms with Crippen molar-refractivity contribution in [3.05, 3.63) is 133 Å². The first-order chi connectivity index (χ1) is 21.5. The quantitative estimate of drug-likeness (QED) is 0.135. The highest BCUT2D eigenvalue weighted by molar-refractivity contribution is 6.35. The summed E-state index contributed by atoms with van der Waals surface area (Å²) in [4.78, 5) is 0. The first kappa shape index (κ1) is 33.1. The lowest BCUT2D eigenvalue weighted by molar-refractivity contribution is -0.0650. The molecule has 5 nitrogen and oxygen atoms in total. The Kier molecular flexibility index (Phi) is 12.6. The maximum atomic E-state index is 6.48. The topological polar surface area (TPSA) is 49.0 Å². The van der Waals surface area contributed by atoms with E-state index >= 15 is 0 Å². The number of nitrogens with one attached hydrogen (secondary N) is 1. The Balaban J connectivity index is 1.22. The molecule has 232 valence electrons. The van der Waals surface area contributed by atoms with Crippen LogP contribution in [0.15, 0.2) is 91.0 Å². The average Bonchev–Trinajstić information content (AvgIpc) is 3.03. The Hall–Kier alpha value is -2.32. The van der Waals surface area contributed by atoms with Crippen molar-refractivity contribution in [3.63, 3.8) is 0 Å². The van der Waals surface area contributed by atoms with E-state index in [-0.39, 0.29) is 18.1 Å². The van der Waals surface area contributed by atoms with Crippen LogP contribution in [0.1, 0.15) is 34.6 Å². The van der Waals surface area contributed by atoms with Gasteiger partial charge < -0.3 is 24.3 Å². The fourth-order valence-corrected chi connectivity index (χ4v) is 6.11. The van der Waals surface area contributed by atoms with Gasteiger partial charge in [-0.05, 0) is 58.7 Å². The lowest BCUT2D eigenvalue weighted by Crippen LogP contribution is -2.50. The Bertz CT molecular complexity index is 1410. The third kappa shape index (κ3) is 9.59. The summed E-state index contributed by atoms with van der Waals surface area (Å²) in [7, 11) is 0. The fraction of sp³-hybridized carbons (Fsp3) is 0.314. The lowest BCUT2D eigenvalue weighted by Gasteiger charge is -2.39. The number of hydrogen-bond donors (Lipinski definition) is 1. The molecular weight excluding hydrogens is 640 g/mol. The Morgan fingerprint density at radius 2 is 1.23 bits per heavy atom. The normalized spacial score (nSPS) is 18.3. The van der Waals surface area contributed by atoms with Gasteiger partial charge in [-0.3, -0.25) is 0 Å². The summed E-state index contributed by atoms with van der Waals surface area (Å²) in [5, 5.41) is 5.81. The molecule has 0 radical (unpaired) electrons. The van der Waals surface area contributed by atoms with E-state index in [2.05, 4.69) is 29.6 Å². The van der Waals surface area contributed by atoms with Crippen LogP contribution in [0.2, 0.25) is 20.1 Å². The van der Waals surface area contributed by atoms with Crippen molar-refractivity contribution in [3.8, 4) is 5.75 Å². The van der Waals surface area contributed by atoms with Crippen LogP contribution in [0, 0.1) is 0 Å². The molecule has 0 aromatic heterocycles. The molecule has 1 aliphatic rings. The number of hydrogen-bond acceptors (Lipinski definition) is 5. The maximum Gasteiger partial charge on any atom is 0.119 e. The van der Waals surface area contributed by atoms with Crippen LogP contribution in [-0.2, 0) is 34.0 Å². The van der Waals surface area contributed by atoms with Gasteiger partial charge in [-0.25, -0.2) is 0 Å². The van der Waals surface area contributed by atoms with Crippen LogP contribution in [0.5, 0.6) is 5.75 Å². The van der Waals surface area contributed by atoms with Gasteiger partial charge in [0.1, 0.15) is 5.75 Å². The van der Waals surface area contributed by atoms with Gasteiger partial charge in [0.2, 0.25) is 0 Å². The van der Waals surface area contributed by atoms with Crippen LogP contribution in [-0.4, -0.2) is 38.5 Å². The van der Waals surface area contributed by atoms with Gasteiger partial charge in [-0.1, -0.05) is 101 Å². The van der Waals surface area contributed by atoms with Crippen molar-refractivity contribution >= 4 is 46.4 Å². The molecule has 44 heavy (non-hydrogen) atoms. The van der Waals surface area contributed by atoms with Gasteiger partial charge in [0.25, 0.3) is 0 Å². The highest BCUT2D eigenvalue weighted by Crippen LogP contribution is 2.34. The van der Waals surface area contributed by atoms with Crippen LogP contribution in [0.25, 0.3) is 0 Å². The summed E-state index contributed by atoms with van der Waals surface area (Å²) in [5.74, 6) is 0.760. The zero-order valence-electron chi connectivity index (χ0n) is 24.2. The van der Waals surface area contributed by atoms with Crippen molar-refractivity contribution in [2.75, 3.05) is 26.3 Å². The lowest BCUT2D eigenvalue weighted by atomic mass is 9.85. The van der Waals surface area contributed by atoms with E-state index in [1.807, 2.05) is 54.6 Å². The van der Waals surface area contributed by atoms with Crippen LogP contribution in [0.3, 0.4) is 0 Å². The highest BCUT2D eigenvalue weighted by atomic mass is 35.5. The predicted molar refractivity (Wildman–Crippen MR) is 178 cm³/mol. The second kappa shape index (κ2) is 16.8. The van der Waals surface area contributed by atoms with Gasteiger partial charge in [-0.15, -0.1) is 0 Å². The molecule has 0 bridgehead atoms. The van der Waals surface area contributed by atoms with E-state index in [0.29, 0.717) is 66.2 Å². The third-order valence-electron chi connectivity index (χ3n) is 7.51. The Labute approximate surface area is 279 Å². The molecular formula is C35H35Cl4NO4. The second-order valence-corrected chi connectivity index (χ2v) is 12.4. The fourth-order valence-electron chi connectivity index (χ4n) is 5.19. The molecule has 1 fully saturated rings. The molecule has 1 saturated heterocycles. The molecule has 4 aromatic carbocycles. The number of rotatable bonds is 14. The van der Waals surface area contributed by atoms with E-state index in [1.165, 1.54) is 5.56 Å². The van der Waals surface area contributed by atoms with Crippen molar-refractivity contribution in [2.45, 2.75) is 44.4 Å². The molecule has 4 aromatic rings. The molecule has 0 amide bonds. The largest absolute Gasteiger partial charge is 0.494 e. The minimum Gasteiger partial charge on any atom is -0.494 e. The average molecular weight is 675 g/mol. The smallest absolute Gasteiger partial charge is 0.119 e. The van der Waals surface area contributed by atoms with Crippen LogP contribution < -0.4 is 10.1 Å². The zero-order chi connectivity index (χ0) is 30.7. The molecule has 1 heterocycles. The van der Waals surface area contributed by atoms with Crippen LogP contribution in [0.4, 0.5) is 0 Å². The molecule has 0 saturated carbocycles. The molecule has 5 rings (SSSR count). The van der Waals surface area contributed by atoms with Crippen molar-refractivity contribution in [1.82, 2.24) is 5.32 Å². The van der Waals surface area contributed by atoms with E-state index in [0.717, 1.165) is 28.9 Å². The Morgan fingerprint density at radius 3 is 1.80 bits per heavy atom. The van der Waals surface area contributed by atoms with E-state index < -0.39 is 0 Å². The standard InChI is InChI=1S/C35H35Cl4NO4/c36-28-11-7-26(31(38)17-28)22-43-33-19-40-20-34(44-23-27-8-12-29(37)18-32(27)39)35(33)25-9-13-30(14-10-25)42-16-4-15-41-21-24-5-2-1-3-6-24/h1-3,5-14,17-18,33-35,40H,4,15-16,19-23H2/t33-,34+,35?.